The Morgan fingerprint density at radius 1 is 1.40 bits per heavy atom. The van der Waals surface area contributed by atoms with Crippen LogP contribution < -0.4 is 5.76 Å². The van der Waals surface area contributed by atoms with Gasteiger partial charge >= 0.3 is 11.9 Å². The number of hydrogen-bond donors (Lipinski definition) is 0. The molecule has 0 radical (unpaired) electrons. The van der Waals surface area contributed by atoms with E-state index >= 15 is 0 Å². The smallest absolute Gasteiger partial charge is 0.408 e. The van der Waals surface area contributed by atoms with Crippen LogP contribution in [0.4, 0.5) is 13.2 Å². The summed E-state index contributed by atoms with van der Waals surface area (Å²) in [6, 6.07) is 4.45. The molecule has 0 saturated heterocycles. The van der Waals surface area contributed by atoms with E-state index in [1.54, 1.807) is 6.07 Å². The van der Waals surface area contributed by atoms with Crippen LogP contribution in [0.5, 0.6) is 0 Å². The number of alkyl halides is 4. The first-order valence-corrected chi connectivity index (χ1v) is 6.59. The number of hydrogen-bond acceptors (Lipinski definition) is 2. The third-order valence-corrected chi connectivity index (χ3v) is 3.32. The molecule has 2 aromatic rings. The van der Waals surface area contributed by atoms with Crippen molar-refractivity contribution < 1.29 is 17.6 Å². The van der Waals surface area contributed by atoms with Gasteiger partial charge in [0.1, 0.15) is 0 Å². The fourth-order valence-corrected chi connectivity index (χ4v) is 2.34. The average molecular weight is 308 g/mol. The molecule has 1 aromatic heterocycles. The lowest BCUT2D eigenvalue weighted by Crippen LogP contribution is -2.13. The second kappa shape index (κ2) is 5.52. The normalized spacial score (nSPS) is 13.8. The lowest BCUT2D eigenvalue weighted by molar-refractivity contribution is -0.134. The number of aryl methyl sites for hydroxylation is 1. The molecule has 1 unspecified atom stereocenters. The highest BCUT2D eigenvalue weighted by Gasteiger charge is 2.32. The Morgan fingerprint density at radius 3 is 2.70 bits per heavy atom. The first-order chi connectivity index (χ1) is 9.31. The minimum atomic E-state index is -4.34. The molecule has 110 valence electrons. The van der Waals surface area contributed by atoms with E-state index in [4.69, 9.17) is 16.0 Å². The van der Waals surface area contributed by atoms with Crippen LogP contribution in [-0.4, -0.2) is 10.7 Å². The van der Waals surface area contributed by atoms with E-state index < -0.39 is 23.7 Å². The van der Waals surface area contributed by atoms with Crippen molar-refractivity contribution in [1.29, 1.82) is 0 Å². The maximum atomic E-state index is 12.3. The summed E-state index contributed by atoms with van der Waals surface area (Å²) < 4.78 is 43.4. The maximum absolute atomic E-state index is 12.3. The highest BCUT2D eigenvalue weighted by Crippen LogP contribution is 2.34. The summed E-state index contributed by atoms with van der Waals surface area (Å²) in [5.41, 5.74) is 1.11. The van der Waals surface area contributed by atoms with Gasteiger partial charge in [0.05, 0.1) is 17.3 Å². The molecule has 0 saturated carbocycles. The van der Waals surface area contributed by atoms with Crippen LogP contribution in [0.1, 0.15) is 30.7 Å². The molecule has 0 aliphatic carbocycles. The highest BCUT2D eigenvalue weighted by molar-refractivity contribution is 6.20. The van der Waals surface area contributed by atoms with Gasteiger partial charge in [0, 0.05) is 6.54 Å². The standard InChI is InChI=1S/C13H13ClF3NO2/c1-2-5-18-10-4-3-8(6-11(10)20-12(18)19)9(14)7-13(15,16)17/h3-4,6,9H,2,5,7H2,1H3. The van der Waals surface area contributed by atoms with E-state index in [-0.39, 0.29) is 11.1 Å². The fourth-order valence-electron chi connectivity index (χ4n) is 2.03. The first kappa shape index (κ1) is 15.0. The molecular weight excluding hydrogens is 295 g/mol. The molecule has 20 heavy (non-hydrogen) atoms. The second-order valence-electron chi connectivity index (χ2n) is 4.53. The monoisotopic (exact) mass is 307 g/mol. The van der Waals surface area contributed by atoms with Gasteiger partial charge in [-0.15, -0.1) is 11.6 Å². The predicted octanol–water partition coefficient (Wildman–Crippen LogP) is 4.24. The summed E-state index contributed by atoms with van der Waals surface area (Å²) in [6.45, 7) is 2.41. The van der Waals surface area contributed by atoms with Gasteiger partial charge in [0.15, 0.2) is 5.58 Å². The van der Waals surface area contributed by atoms with Crippen LogP contribution in [0.2, 0.25) is 0 Å². The Labute approximate surface area is 117 Å². The van der Waals surface area contributed by atoms with Crippen LogP contribution in [0.3, 0.4) is 0 Å². The van der Waals surface area contributed by atoms with E-state index in [1.165, 1.54) is 16.7 Å². The molecule has 3 nitrogen and oxygen atoms in total. The lowest BCUT2D eigenvalue weighted by atomic mass is 10.1. The largest absolute Gasteiger partial charge is 0.419 e. The van der Waals surface area contributed by atoms with Gasteiger partial charge in [-0.25, -0.2) is 4.79 Å². The zero-order valence-corrected chi connectivity index (χ0v) is 11.5. The number of benzene rings is 1. The topological polar surface area (TPSA) is 35.1 Å². The predicted molar refractivity (Wildman–Crippen MR) is 70.0 cm³/mol. The molecule has 0 aliphatic heterocycles. The third kappa shape index (κ3) is 3.17. The second-order valence-corrected chi connectivity index (χ2v) is 5.06. The number of halogens is 4. The lowest BCUT2D eigenvalue weighted by Gasteiger charge is -2.12. The number of aromatic nitrogens is 1. The van der Waals surface area contributed by atoms with Crippen molar-refractivity contribution in [2.45, 2.75) is 37.9 Å². The van der Waals surface area contributed by atoms with Gasteiger partial charge in [-0.2, -0.15) is 13.2 Å². The molecule has 1 aromatic carbocycles. The summed E-state index contributed by atoms with van der Waals surface area (Å²) in [5, 5.41) is -1.20. The Hall–Kier alpha value is -1.43. The summed E-state index contributed by atoms with van der Waals surface area (Å²) in [7, 11) is 0. The van der Waals surface area contributed by atoms with Gasteiger partial charge in [-0.3, -0.25) is 4.57 Å². The van der Waals surface area contributed by atoms with Crippen LogP contribution in [0.15, 0.2) is 27.4 Å². The Kier molecular flexibility index (Phi) is 4.13. The molecule has 0 bridgehead atoms. The van der Waals surface area contributed by atoms with Crippen molar-refractivity contribution in [1.82, 2.24) is 4.57 Å². The molecule has 0 fully saturated rings. The molecule has 0 amide bonds. The zero-order chi connectivity index (χ0) is 14.9. The molecule has 2 rings (SSSR count). The summed E-state index contributed by atoms with van der Waals surface area (Å²) in [5.74, 6) is -0.513. The van der Waals surface area contributed by atoms with Crippen molar-refractivity contribution in [3.05, 3.63) is 34.3 Å². The van der Waals surface area contributed by atoms with Gasteiger partial charge in [0.2, 0.25) is 0 Å². The molecule has 0 aliphatic rings. The van der Waals surface area contributed by atoms with Gasteiger partial charge in [-0.1, -0.05) is 13.0 Å². The summed E-state index contributed by atoms with van der Waals surface area (Å²) >= 11 is 5.75. The summed E-state index contributed by atoms with van der Waals surface area (Å²) in [6.07, 6.45) is -4.71. The average Bonchev–Trinajstić information content (AvgIpc) is 2.63. The van der Waals surface area contributed by atoms with Gasteiger partial charge in [-0.05, 0) is 24.1 Å². The number of fused-ring (bicyclic) bond motifs is 1. The fraction of sp³-hybridized carbons (Fsp3) is 0.462. The van der Waals surface area contributed by atoms with E-state index in [2.05, 4.69) is 0 Å². The molecule has 0 N–H and O–H groups in total. The van der Waals surface area contributed by atoms with Crippen molar-refractivity contribution in [2.24, 2.45) is 0 Å². The van der Waals surface area contributed by atoms with Crippen LogP contribution >= 0.6 is 11.6 Å². The molecule has 7 heteroatoms. The van der Waals surface area contributed by atoms with Crippen LogP contribution in [0.25, 0.3) is 11.1 Å². The van der Waals surface area contributed by atoms with Crippen molar-refractivity contribution in [3.63, 3.8) is 0 Å². The number of nitrogens with zero attached hydrogens (tertiary/aromatic N) is 1. The molecule has 0 spiro atoms. The quantitative estimate of drug-likeness (QED) is 0.792. The van der Waals surface area contributed by atoms with Crippen LogP contribution in [-0.2, 0) is 6.54 Å². The van der Waals surface area contributed by atoms with E-state index in [1.807, 2.05) is 6.92 Å². The SMILES string of the molecule is CCCn1c(=O)oc2cc(C(Cl)CC(F)(F)F)ccc21. The van der Waals surface area contributed by atoms with Crippen molar-refractivity contribution in [2.75, 3.05) is 0 Å². The van der Waals surface area contributed by atoms with Crippen molar-refractivity contribution >= 4 is 22.7 Å². The minimum Gasteiger partial charge on any atom is -0.408 e. The van der Waals surface area contributed by atoms with Crippen LogP contribution in [0, 0.1) is 0 Å². The minimum absolute atomic E-state index is 0.258. The first-order valence-electron chi connectivity index (χ1n) is 6.16. The number of rotatable bonds is 4. The Bertz CT molecular complexity index is 660. The van der Waals surface area contributed by atoms with E-state index in [0.717, 1.165) is 6.42 Å². The highest BCUT2D eigenvalue weighted by atomic mass is 35.5. The summed E-state index contributed by atoms with van der Waals surface area (Å²) in [4.78, 5) is 11.6. The zero-order valence-electron chi connectivity index (χ0n) is 10.7. The van der Waals surface area contributed by atoms with Crippen molar-refractivity contribution in [3.8, 4) is 0 Å². The number of oxazole rings is 1. The van der Waals surface area contributed by atoms with Gasteiger partial charge < -0.3 is 4.42 Å². The van der Waals surface area contributed by atoms with Gasteiger partial charge in [0.25, 0.3) is 0 Å². The van der Waals surface area contributed by atoms with E-state index in [9.17, 15) is 18.0 Å². The Balaban J connectivity index is 2.37. The molecule has 1 heterocycles. The third-order valence-electron chi connectivity index (χ3n) is 2.91. The van der Waals surface area contributed by atoms with E-state index in [0.29, 0.717) is 12.1 Å². The maximum Gasteiger partial charge on any atom is 0.419 e. The molecular formula is C13H13ClF3NO2. The molecule has 1 atom stereocenters. The Morgan fingerprint density at radius 2 is 2.10 bits per heavy atom.